The summed E-state index contributed by atoms with van der Waals surface area (Å²) in [5.74, 6) is -0.0157. The van der Waals surface area contributed by atoms with Crippen LogP contribution < -0.4 is 0 Å². The molecule has 0 amide bonds. The lowest BCUT2D eigenvalue weighted by molar-refractivity contribution is -0.140. The predicted molar refractivity (Wildman–Crippen MR) is 67.4 cm³/mol. The Morgan fingerprint density at radius 2 is 1.53 bits per heavy atom. The van der Waals surface area contributed by atoms with Gasteiger partial charge in [-0.25, -0.2) is 0 Å². The van der Waals surface area contributed by atoms with E-state index in [0.29, 0.717) is 6.61 Å². The first-order valence-electron chi connectivity index (χ1n) is 6.07. The molecule has 0 bridgehead atoms. The van der Waals surface area contributed by atoms with Crippen molar-refractivity contribution in [3.8, 4) is 0 Å². The van der Waals surface area contributed by atoms with Crippen molar-refractivity contribution >= 4 is 18.6 Å². The SMILES string of the molecule is CCCCCCCCCCOC(=O)CS. The zero-order valence-corrected chi connectivity index (χ0v) is 10.7. The summed E-state index contributed by atoms with van der Waals surface area (Å²) in [5, 5.41) is 0. The normalized spacial score (nSPS) is 10.3. The van der Waals surface area contributed by atoms with Crippen molar-refractivity contribution < 1.29 is 9.53 Å². The lowest BCUT2D eigenvalue weighted by Crippen LogP contribution is -2.06. The number of thiol groups is 1. The van der Waals surface area contributed by atoms with Gasteiger partial charge in [-0.2, -0.15) is 12.6 Å². The van der Waals surface area contributed by atoms with Crippen molar-refractivity contribution in [2.75, 3.05) is 12.4 Å². The predicted octanol–water partition coefficient (Wildman–Crippen LogP) is 3.60. The van der Waals surface area contributed by atoms with Crippen LogP contribution in [0.4, 0.5) is 0 Å². The molecular formula is C12H24O2S. The van der Waals surface area contributed by atoms with Crippen molar-refractivity contribution in [1.82, 2.24) is 0 Å². The number of hydrogen-bond donors (Lipinski definition) is 1. The number of esters is 1. The lowest BCUT2D eigenvalue weighted by Gasteiger charge is -2.03. The van der Waals surface area contributed by atoms with Crippen molar-refractivity contribution in [1.29, 1.82) is 0 Å². The third kappa shape index (κ3) is 11.7. The van der Waals surface area contributed by atoms with Crippen LogP contribution in [-0.4, -0.2) is 18.3 Å². The van der Waals surface area contributed by atoms with Crippen LogP contribution in [0.15, 0.2) is 0 Å². The molecule has 90 valence electrons. The summed E-state index contributed by atoms with van der Waals surface area (Å²) in [6.45, 7) is 2.80. The molecular weight excluding hydrogens is 208 g/mol. The van der Waals surface area contributed by atoms with E-state index in [2.05, 4.69) is 19.6 Å². The summed E-state index contributed by atoms with van der Waals surface area (Å²) in [6, 6.07) is 0. The van der Waals surface area contributed by atoms with Crippen molar-refractivity contribution in [2.45, 2.75) is 58.3 Å². The molecule has 0 aromatic heterocycles. The fraction of sp³-hybridized carbons (Fsp3) is 0.917. The molecule has 3 heteroatoms. The smallest absolute Gasteiger partial charge is 0.315 e. The van der Waals surface area contributed by atoms with Crippen LogP contribution in [0.2, 0.25) is 0 Å². The highest BCUT2D eigenvalue weighted by Gasteiger charge is 1.97. The Morgan fingerprint density at radius 3 is 2.07 bits per heavy atom. The van der Waals surface area contributed by atoms with E-state index in [9.17, 15) is 4.79 Å². The van der Waals surface area contributed by atoms with E-state index in [1.54, 1.807) is 0 Å². The van der Waals surface area contributed by atoms with Gasteiger partial charge in [0, 0.05) is 0 Å². The number of hydrogen-bond acceptors (Lipinski definition) is 3. The highest BCUT2D eigenvalue weighted by Crippen LogP contribution is 2.08. The van der Waals surface area contributed by atoms with E-state index in [4.69, 9.17) is 4.74 Å². The van der Waals surface area contributed by atoms with Crippen LogP contribution in [0.3, 0.4) is 0 Å². The number of carbonyl (C=O) groups is 1. The van der Waals surface area contributed by atoms with Gasteiger partial charge in [0.25, 0.3) is 0 Å². The van der Waals surface area contributed by atoms with Crippen LogP contribution in [0, 0.1) is 0 Å². The van der Waals surface area contributed by atoms with Crippen LogP contribution >= 0.6 is 12.6 Å². The van der Waals surface area contributed by atoms with Gasteiger partial charge >= 0.3 is 5.97 Å². The monoisotopic (exact) mass is 232 g/mol. The second-order valence-corrected chi connectivity index (χ2v) is 4.17. The number of rotatable bonds is 10. The first kappa shape index (κ1) is 14.8. The van der Waals surface area contributed by atoms with Gasteiger partial charge in [0.2, 0.25) is 0 Å². The molecule has 15 heavy (non-hydrogen) atoms. The summed E-state index contributed by atoms with van der Waals surface area (Å²) in [4.78, 5) is 10.7. The molecule has 0 spiro atoms. The molecule has 0 aliphatic heterocycles. The molecule has 0 saturated carbocycles. The molecule has 0 aromatic carbocycles. The summed E-state index contributed by atoms with van der Waals surface area (Å²) in [6.07, 6.45) is 10.1. The van der Waals surface area contributed by atoms with E-state index < -0.39 is 0 Å². The standard InChI is InChI=1S/C12H24O2S/c1-2-3-4-5-6-7-8-9-10-14-12(13)11-15/h15H,2-11H2,1H3. The Labute approximate surface area is 99.2 Å². The highest BCUT2D eigenvalue weighted by atomic mass is 32.1. The molecule has 0 unspecified atom stereocenters. The molecule has 0 atom stereocenters. The number of carbonyl (C=O) groups excluding carboxylic acids is 1. The third-order valence-corrected chi connectivity index (χ3v) is 2.65. The molecule has 0 fully saturated rings. The molecule has 0 N–H and O–H groups in total. The first-order chi connectivity index (χ1) is 7.31. The molecule has 0 aliphatic carbocycles. The Hall–Kier alpha value is -0.180. The Bertz CT molecular complexity index is 149. The van der Waals surface area contributed by atoms with Gasteiger partial charge in [0.05, 0.1) is 12.4 Å². The van der Waals surface area contributed by atoms with Gasteiger partial charge in [-0.1, -0.05) is 51.9 Å². The molecule has 0 aliphatic rings. The maximum absolute atomic E-state index is 10.7. The largest absolute Gasteiger partial charge is 0.465 e. The van der Waals surface area contributed by atoms with E-state index in [1.165, 1.54) is 44.9 Å². The third-order valence-electron chi connectivity index (χ3n) is 2.39. The minimum absolute atomic E-state index is 0.191. The lowest BCUT2D eigenvalue weighted by atomic mass is 10.1. The van der Waals surface area contributed by atoms with Crippen molar-refractivity contribution in [2.24, 2.45) is 0 Å². The molecule has 0 heterocycles. The Balaban J connectivity index is 2.95. The summed E-state index contributed by atoms with van der Waals surface area (Å²) in [7, 11) is 0. The maximum Gasteiger partial charge on any atom is 0.315 e. The summed E-state index contributed by atoms with van der Waals surface area (Å²) in [5.41, 5.74) is 0. The quantitative estimate of drug-likeness (QED) is 0.354. The van der Waals surface area contributed by atoms with Gasteiger partial charge in [-0.3, -0.25) is 4.79 Å². The van der Waals surface area contributed by atoms with Gasteiger partial charge in [-0.05, 0) is 6.42 Å². The van der Waals surface area contributed by atoms with Crippen LogP contribution in [0.1, 0.15) is 58.3 Å². The fourth-order valence-corrected chi connectivity index (χ4v) is 1.56. The van der Waals surface area contributed by atoms with Crippen LogP contribution in [0.5, 0.6) is 0 Å². The first-order valence-corrected chi connectivity index (χ1v) is 6.71. The second kappa shape index (κ2) is 11.9. The zero-order chi connectivity index (χ0) is 11.4. The zero-order valence-electron chi connectivity index (χ0n) is 9.83. The van der Waals surface area contributed by atoms with Crippen LogP contribution in [-0.2, 0) is 9.53 Å². The van der Waals surface area contributed by atoms with Crippen molar-refractivity contribution in [3.05, 3.63) is 0 Å². The minimum Gasteiger partial charge on any atom is -0.465 e. The maximum atomic E-state index is 10.7. The molecule has 2 nitrogen and oxygen atoms in total. The van der Waals surface area contributed by atoms with E-state index >= 15 is 0 Å². The highest BCUT2D eigenvalue weighted by molar-refractivity contribution is 7.81. The summed E-state index contributed by atoms with van der Waals surface area (Å²) >= 11 is 3.83. The average molecular weight is 232 g/mol. The fourth-order valence-electron chi connectivity index (χ4n) is 1.47. The van der Waals surface area contributed by atoms with Crippen molar-refractivity contribution in [3.63, 3.8) is 0 Å². The van der Waals surface area contributed by atoms with E-state index in [-0.39, 0.29) is 11.7 Å². The average Bonchev–Trinajstić information content (AvgIpc) is 2.26. The topological polar surface area (TPSA) is 26.3 Å². The van der Waals surface area contributed by atoms with Gasteiger partial charge < -0.3 is 4.74 Å². The molecule has 0 aromatic rings. The number of ether oxygens (including phenoxy) is 1. The number of unbranched alkanes of at least 4 members (excludes halogenated alkanes) is 7. The molecule has 0 radical (unpaired) electrons. The second-order valence-electron chi connectivity index (χ2n) is 3.85. The molecule has 0 rings (SSSR count). The Morgan fingerprint density at radius 1 is 1.00 bits per heavy atom. The van der Waals surface area contributed by atoms with Crippen LogP contribution in [0.25, 0.3) is 0 Å². The molecule has 0 saturated heterocycles. The van der Waals surface area contributed by atoms with Gasteiger partial charge in [0.15, 0.2) is 0 Å². The summed E-state index contributed by atoms with van der Waals surface area (Å²) < 4.78 is 4.92. The van der Waals surface area contributed by atoms with E-state index in [0.717, 1.165) is 6.42 Å². The van der Waals surface area contributed by atoms with Gasteiger partial charge in [0.1, 0.15) is 0 Å². The van der Waals surface area contributed by atoms with Gasteiger partial charge in [-0.15, -0.1) is 0 Å². The minimum atomic E-state index is -0.207. The Kier molecular flexibility index (Phi) is 11.7. The van der Waals surface area contributed by atoms with E-state index in [1.807, 2.05) is 0 Å².